The lowest BCUT2D eigenvalue weighted by Gasteiger charge is -2.08. The van der Waals surface area contributed by atoms with E-state index in [-0.39, 0.29) is 23.7 Å². The molecule has 0 saturated heterocycles. The highest BCUT2D eigenvalue weighted by molar-refractivity contribution is 5.75. The number of fused-ring (bicyclic) bond motifs is 1. The van der Waals surface area contributed by atoms with Crippen molar-refractivity contribution < 1.29 is 23.0 Å². The Labute approximate surface area is 123 Å². The van der Waals surface area contributed by atoms with Crippen molar-refractivity contribution in [3.8, 4) is 5.88 Å². The Morgan fingerprint density at radius 2 is 2.05 bits per heavy atom. The van der Waals surface area contributed by atoms with E-state index >= 15 is 0 Å². The highest BCUT2D eigenvalue weighted by Gasteiger charge is 2.29. The Kier molecular flexibility index (Phi) is 5.02. The molecule has 0 spiro atoms. The summed E-state index contributed by atoms with van der Waals surface area (Å²) >= 11 is 0. The van der Waals surface area contributed by atoms with E-state index in [1.54, 1.807) is 6.07 Å². The van der Waals surface area contributed by atoms with Crippen LogP contribution in [0.15, 0.2) is 23.0 Å². The first-order valence-electron chi connectivity index (χ1n) is 6.72. The number of aliphatic hydroxyl groups is 1. The minimum Gasteiger partial charge on any atom is -0.478 e. The molecule has 0 radical (unpaired) electrons. The predicted octanol–water partition coefficient (Wildman–Crippen LogP) is 2.18. The van der Waals surface area contributed by atoms with Crippen LogP contribution in [-0.4, -0.2) is 34.5 Å². The lowest BCUT2D eigenvalue weighted by atomic mass is 10.1. The number of nitrogens with zero attached hydrogens (tertiary/aromatic N) is 1. The maximum atomic E-state index is 12.4. The quantitative estimate of drug-likeness (QED) is 0.801. The van der Waals surface area contributed by atoms with E-state index in [4.69, 9.17) is 9.84 Å². The fourth-order valence-corrected chi connectivity index (χ4v) is 1.93. The van der Waals surface area contributed by atoms with Crippen molar-refractivity contribution in [2.45, 2.75) is 25.4 Å². The zero-order valence-electron chi connectivity index (χ0n) is 11.6. The number of unbranched alkanes of at least 4 members (excludes halogenated alkanes) is 1. The molecule has 0 aliphatic heterocycles. The van der Waals surface area contributed by atoms with Gasteiger partial charge in [-0.15, -0.1) is 0 Å². The average Bonchev–Trinajstić information content (AvgIpc) is 2.43. The van der Waals surface area contributed by atoms with Crippen LogP contribution in [0.1, 0.15) is 18.4 Å². The number of aliphatic hydroxyl groups excluding tert-OH is 1. The van der Waals surface area contributed by atoms with Gasteiger partial charge in [-0.1, -0.05) is 0 Å². The van der Waals surface area contributed by atoms with E-state index < -0.39 is 18.2 Å². The van der Waals surface area contributed by atoms with Crippen LogP contribution >= 0.6 is 0 Å². The molecule has 2 heterocycles. The van der Waals surface area contributed by atoms with Crippen LogP contribution in [0.5, 0.6) is 5.88 Å². The molecule has 120 valence electrons. The highest BCUT2D eigenvalue weighted by Crippen LogP contribution is 2.21. The number of hydrogen-bond acceptors (Lipinski definition) is 4. The van der Waals surface area contributed by atoms with Crippen molar-refractivity contribution in [1.82, 2.24) is 9.97 Å². The second kappa shape index (κ2) is 6.78. The summed E-state index contributed by atoms with van der Waals surface area (Å²) in [4.78, 5) is 18.0. The van der Waals surface area contributed by atoms with Crippen LogP contribution in [0.25, 0.3) is 11.0 Å². The van der Waals surface area contributed by atoms with E-state index in [2.05, 4.69) is 9.97 Å². The van der Waals surface area contributed by atoms with Crippen molar-refractivity contribution in [3.63, 3.8) is 0 Å². The SMILES string of the molecule is O=c1[nH]c2nc(OCCCCO)ccc2cc1CC(F)(F)F. The summed E-state index contributed by atoms with van der Waals surface area (Å²) in [7, 11) is 0. The van der Waals surface area contributed by atoms with Gasteiger partial charge in [-0.05, 0) is 25.0 Å². The molecule has 22 heavy (non-hydrogen) atoms. The topological polar surface area (TPSA) is 75.2 Å². The van der Waals surface area contributed by atoms with Gasteiger partial charge in [-0.2, -0.15) is 18.2 Å². The molecule has 0 aliphatic carbocycles. The Morgan fingerprint density at radius 1 is 1.27 bits per heavy atom. The van der Waals surface area contributed by atoms with Gasteiger partial charge in [-0.3, -0.25) is 4.79 Å². The lowest BCUT2D eigenvalue weighted by Crippen LogP contribution is -2.20. The Balaban J connectivity index is 2.20. The number of nitrogens with one attached hydrogen (secondary N) is 1. The van der Waals surface area contributed by atoms with E-state index in [1.807, 2.05) is 0 Å². The molecular formula is C14H15F3N2O3. The number of aromatic amines is 1. The molecule has 0 fully saturated rings. The number of halogens is 3. The van der Waals surface area contributed by atoms with Gasteiger partial charge < -0.3 is 14.8 Å². The van der Waals surface area contributed by atoms with E-state index in [1.165, 1.54) is 12.1 Å². The van der Waals surface area contributed by atoms with Gasteiger partial charge in [0.1, 0.15) is 5.65 Å². The maximum Gasteiger partial charge on any atom is 0.393 e. The minimum atomic E-state index is -4.44. The zero-order chi connectivity index (χ0) is 16.2. The van der Waals surface area contributed by atoms with Crippen LogP contribution < -0.4 is 10.3 Å². The van der Waals surface area contributed by atoms with Gasteiger partial charge in [0, 0.05) is 23.6 Å². The fraction of sp³-hybridized carbons (Fsp3) is 0.429. The summed E-state index contributed by atoms with van der Waals surface area (Å²) in [6.45, 7) is 0.430. The summed E-state index contributed by atoms with van der Waals surface area (Å²) in [5.74, 6) is 0.268. The Hall–Kier alpha value is -2.09. The van der Waals surface area contributed by atoms with Crippen molar-refractivity contribution in [2.24, 2.45) is 0 Å². The second-order valence-electron chi connectivity index (χ2n) is 4.78. The van der Waals surface area contributed by atoms with E-state index in [9.17, 15) is 18.0 Å². The number of aromatic nitrogens is 2. The molecule has 5 nitrogen and oxygen atoms in total. The van der Waals surface area contributed by atoms with E-state index in [0.717, 1.165) is 0 Å². The normalized spacial score (nSPS) is 11.8. The first-order chi connectivity index (χ1) is 10.4. The van der Waals surface area contributed by atoms with Gasteiger partial charge in [0.25, 0.3) is 5.56 Å². The molecule has 0 unspecified atom stereocenters. The lowest BCUT2D eigenvalue weighted by molar-refractivity contribution is -0.127. The predicted molar refractivity (Wildman–Crippen MR) is 73.9 cm³/mol. The minimum absolute atomic E-state index is 0.0732. The molecule has 0 aliphatic rings. The number of hydrogen-bond donors (Lipinski definition) is 2. The van der Waals surface area contributed by atoms with Crippen molar-refractivity contribution in [2.75, 3.05) is 13.2 Å². The molecule has 0 atom stereocenters. The van der Waals surface area contributed by atoms with Gasteiger partial charge >= 0.3 is 6.18 Å². The fourth-order valence-electron chi connectivity index (χ4n) is 1.93. The number of ether oxygens (including phenoxy) is 1. The van der Waals surface area contributed by atoms with Crippen LogP contribution in [0.4, 0.5) is 13.2 Å². The number of alkyl halides is 3. The van der Waals surface area contributed by atoms with Crippen LogP contribution in [0, 0.1) is 0 Å². The van der Waals surface area contributed by atoms with Crippen molar-refractivity contribution >= 4 is 11.0 Å². The molecule has 2 rings (SSSR count). The van der Waals surface area contributed by atoms with Gasteiger partial charge in [0.05, 0.1) is 13.0 Å². The molecule has 0 aromatic carbocycles. The van der Waals surface area contributed by atoms with Crippen LogP contribution in [0.3, 0.4) is 0 Å². The third-order valence-corrected chi connectivity index (χ3v) is 2.95. The summed E-state index contributed by atoms with van der Waals surface area (Å²) in [5, 5.41) is 9.06. The molecule has 8 heteroatoms. The average molecular weight is 316 g/mol. The molecule has 0 bridgehead atoms. The third-order valence-electron chi connectivity index (χ3n) is 2.95. The zero-order valence-corrected chi connectivity index (χ0v) is 11.6. The monoisotopic (exact) mass is 316 g/mol. The third kappa shape index (κ3) is 4.45. The van der Waals surface area contributed by atoms with Crippen LogP contribution in [0.2, 0.25) is 0 Å². The smallest absolute Gasteiger partial charge is 0.393 e. The Morgan fingerprint density at radius 3 is 2.73 bits per heavy atom. The van der Waals surface area contributed by atoms with Crippen molar-refractivity contribution in [3.05, 3.63) is 34.1 Å². The van der Waals surface area contributed by atoms with E-state index in [0.29, 0.717) is 24.8 Å². The molecular weight excluding hydrogens is 301 g/mol. The molecule has 0 saturated carbocycles. The largest absolute Gasteiger partial charge is 0.478 e. The summed E-state index contributed by atoms with van der Waals surface area (Å²) < 4.78 is 42.5. The first-order valence-corrected chi connectivity index (χ1v) is 6.72. The number of H-pyrrole nitrogens is 1. The standard InChI is InChI=1S/C14H15F3N2O3/c15-14(16,17)8-10-7-9-3-4-11(22-6-2-1-5-20)18-12(9)19-13(10)21/h3-4,7,20H,1-2,5-6,8H2,(H,18,19,21). The number of pyridine rings is 2. The van der Waals surface area contributed by atoms with Gasteiger partial charge in [0.15, 0.2) is 0 Å². The molecule has 2 N–H and O–H groups in total. The van der Waals surface area contributed by atoms with Crippen LogP contribution in [-0.2, 0) is 6.42 Å². The Bertz CT molecular complexity index is 698. The molecule has 2 aromatic rings. The number of rotatable bonds is 6. The second-order valence-corrected chi connectivity index (χ2v) is 4.78. The highest BCUT2D eigenvalue weighted by atomic mass is 19.4. The van der Waals surface area contributed by atoms with Gasteiger partial charge in [-0.25, -0.2) is 0 Å². The maximum absolute atomic E-state index is 12.4. The van der Waals surface area contributed by atoms with Crippen molar-refractivity contribution in [1.29, 1.82) is 0 Å². The molecule has 0 amide bonds. The van der Waals surface area contributed by atoms with Gasteiger partial charge in [0.2, 0.25) is 5.88 Å². The summed E-state index contributed by atoms with van der Waals surface area (Å²) in [6, 6.07) is 4.25. The first kappa shape index (κ1) is 16.3. The summed E-state index contributed by atoms with van der Waals surface area (Å²) in [6.07, 6.45) is -4.47. The molecule has 2 aromatic heterocycles. The summed E-state index contributed by atoms with van der Waals surface area (Å²) in [5.41, 5.74) is -0.983.